The largest absolute Gasteiger partial charge is 0.465 e. The van der Waals surface area contributed by atoms with Gasteiger partial charge in [0.1, 0.15) is 18.2 Å². The summed E-state index contributed by atoms with van der Waals surface area (Å²) in [6.07, 6.45) is 3.29. The summed E-state index contributed by atoms with van der Waals surface area (Å²) in [6, 6.07) is 16.8. The number of rotatable bonds is 6. The molecule has 1 amide bonds. The number of nitrogens with one attached hydrogen (secondary N) is 1. The number of fused-ring (bicyclic) bond motifs is 1. The monoisotopic (exact) mass is 387 g/mol. The third-order valence-corrected chi connectivity index (χ3v) is 4.37. The van der Waals surface area contributed by atoms with E-state index >= 15 is 0 Å². The second-order valence-electron chi connectivity index (χ2n) is 6.53. The van der Waals surface area contributed by atoms with Gasteiger partial charge in [-0.1, -0.05) is 30.3 Å². The Hall–Kier alpha value is -3.85. The lowest BCUT2D eigenvalue weighted by atomic mass is 10.1. The average Bonchev–Trinajstić information content (AvgIpc) is 3.03. The van der Waals surface area contributed by atoms with Crippen LogP contribution in [-0.4, -0.2) is 23.1 Å². The summed E-state index contributed by atoms with van der Waals surface area (Å²) in [5, 5.41) is 13.1. The van der Waals surface area contributed by atoms with Crippen molar-refractivity contribution in [2.45, 2.75) is 20.4 Å². The molecule has 0 aliphatic rings. The molecule has 0 atom stereocenters. The predicted octanol–water partition coefficient (Wildman–Crippen LogP) is 4.06. The zero-order chi connectivity index (χ0) is 20.8. The number of nitriles is 1. The number of carbonyl (C=O) groups excluding carboxylic acids is 2. The molecule has 0 aliphatic carbocycles. The summed E-state index contributed by atoms with van der Waals surface area (Å²) in [4.78, 5) is 24.5. The molecule has 29 heavy (non-hydrogen) atoms. The Morgan fingerprint density at radius 1 is 1.21 bits per heavy atom. The number of carbonyl (C=O) groups is 2. The summed E-state index contributed by atoms with van der Waals surface area (Å²) >= 11 is 0. The SMILES string of the molecule is CCOC(=O)Cn1cc(/C=C(/C#N)C(=O)Nc2cccc(C)c2)c2ccccc21. The molecule has 3 aromatic rings. The number of hydrogen-bond donors (Lipinski definition) is 1. The van der Waals surface area contributed by atoms with Crippen LogP contribution in [0.25, 0.3) is 17.0 Å². The first-order chi connectivity index (χ1) is 14.0. The fourth-order valence-corrected chi connectivity index (χ4v) is 3.09. The van der Waals surface area contributed by atoms with Crippen molar-refractivity contribution in [2.75, 3.05) is 11.9 Å². The van der Waals surface area contributed by atoms with Crippen LogP contribution < -0.4 is 5.32 Å². The van der Waals surface area contributed by atoms with E-state index in [0.717, 1.165) is 16.5 Å². The smallest absolute Gasteiger partial charge is 0.325 e. The first kappa shape index (κ1) is 19.9. The summed E-state index contributed by atoms with van der Waals surface area (Å²) in [5.41, 5.74) is 3.11. The number of aryl methyl sites for hydroxylation is 1. The summed E-state index contributed by atoms with van der Waals surface area (Å²) < 4.78 is 6.79. The zero-order valence-electron chi connectivity index (χ0n) is 16.3. The molecule has 0 radical (unpaired) electrons. The molecule has 0 spiro atoms. The van der Waals surface area contributed by atoms with Crippen LogP contribution in [0.3, 0.4) is 0 Å². The Morgan fingerprint density at radius 3 is 2.72 bits per heavy atom. The van der Waals surface area contributed by atoms with E-state index in [2.05, 4.69) is 5.32 Å². The van der Waals surface area contributed by atoms with Crippen molar-refractivity contribution in [3.05, 3.63) is 71.4 Å². The fourth-order valence-electron chi connectivity index (χ4n) is 3.09. The quantitative estimate of drug-likeness (QED) is 0.393. The third kappa shape index (κ3) is 4.71. The molecular weight excluding hydrogens is 366 g/mol. The molecule has 146 valence electrons. The van der Waals surface area contributed by atoms with Gasteiger partial charge in [0, 0.05) is 28.4 Å². The maximum Gasteiger partial charge on any atom is 0.325 e. The van der Waals surface area contributed by atoms with Gasteiger partial charge in [-0.3, -0.25) is 9.59 Å². The van der Waals surface area contributed by atoms with Gasteiger partial charge in [-0.2, -0.15) is 5.26 Å². The van der Waals surface area contributed by atoms with Crippen molar-refractivity contribution in [3.63, 3.8) is 0 Å². The Balaban J connectivity index is 1.93. The van der Waals surface area contributed by atoms with Gasteiger partial charge in [-0.05, 0) is 43.7 Å². The maximum atomic E-state index is 12.6. The molecule has 0 saturated heterocycles. The second-order valence-corrected chi connectivity index (χ2v) is 6.53. The van der Waals surface area contributed by atoms with Crippen LogP contribution in [0.1, 0.15) is 18.1 Å². The van der Waals surface area contributed by atoms with E-state index in [1.54, 1.807) is 23.8 Å². The Morgan fingerprint density at radius 2 is 2.00 bits per heavy atom. The number of aromatic nitrogens is 1. The third-order valence-electron chi connectivity index (χ3n) is 4.37. The Bertz CT molecular complexity index is 1140. The van der Waals surface area contributed by atoms with Crippen LogP contribution in [0.15, 0.2) is 60.3 Å². The molecule has 2 aromatic carbocycles. The van der Waals surface area contributed by atoms with Crippen LogP contribution in [0.2, 0.25) is 0 Å². The highest BCUT2D eigenvalue weighted by atomic mass is 16.5. The average molecular weight is 387 g/mol. The van der Waals surface area contributed by atoms with E-state index in [9.17, 15) is 14.9 Å². The van der Waals surface area contributed by atoms with Gasteiger partial charge in [0.25, 0.3) is 5.91 Å². The Kier molecular flexibility index (Phi) is 6.10. The number of nitrogens with zero attached hydrogens (tertiary/aromatic N) is 2. The first-order valence-electron chi connectivity index (χ1n) is 9.25. The molecule has 1 aromatic heterocycles. The van der Waals surface area contributed by atoms with Crippen molar-refractivity contribution >= 4 is 34.5 Å². The van der Waals surface area contributed by atoms with Gasteiger partial charge >= 0.3 is 5.97 Å². The van der Waals surface area contributed by atoms with Gasteiger partial charge < -0.3 is 14.6 Å². The molecule has 6 heteroatoms. The van der Waals surface area contributed by atoms with Gasteiger partial charge in [-0.25, -0.2) is 0 Å². The van der Waals surface area contributed by atoms with Crippen LogP contribution in [-0.2, 0) is 20.9 Å². The number of benzene rings is 2. The van der Waals surface area contributed by atoms with E-state index in [1.807, 2.05) is 55.5 Å². The number of ether oxygens (including phenoxy) is 1. The second kappa shape index (κ2) is 8.89. The van der Waals surface area contributed by atoms with E-state index in [1.165, 1.54) is 6.08 Å². The number of para-hydroxylation sites is 1. The number of anilines is 1. The lowest BCUT2D eigenvalue weighted by Crippen LogP contribution is -2.13. The van der Waals surface area contributed by atoms with Gasteiger partial charge in [-0.15, -0.1) is 0 Å². The lowest BCUT2D eigenvalue weighted by Gasteiger charge is -2.05. The minimum atomic E-state index is -0.486. The van der Waals surface area contributed by atoms with Crippen LogP contribution in [0, 0.1) is 18.3 Å². The molecule has 1 heterocycles. The first-order valence-corrected chi connectivity index (χ1v) is 9.25. The predicted molar refractivity (Wildman–Crippen MR) is 112 cm³/mol. The van der Waals surface area contributed by atoms with Gasteiger partial charge in [0.2, 0.25) is 0 Å². The Labute approximate surface area is 169 Å². The topological polar surface area (TPSA) is 84.1 Å². The van der Waals surface area contributed by atoms with Crippen molar-refractivity contribution in [3.8, 4) is 6.07 Å². The van der Waals surface area contributed by atoms with E-state index in [0.29, 0.717) is 17.9 Å². The molecule has 3 rings (SSSR count). The van der Waals surface area contributed by atoms with Gasteiger partial charge in [0.05, 0.1) is 6.61 Å². The van der Waals surface area contributed by atoms with E-state index < -0.39 is 5.91 Å². The zero-order valence-corrected chi connectivity index (χ0v) is 16.3. The number of esters is 1. The maximum absolute atomic E-state index is 12.6. The fraction of sp³-hybridized carbons (Fsp3) is 0.174. The summed E-state index contributed by atoms with van der Waals surface area (Å²) in [6.45, 7) is 4.04. The highest BCUT2D eigenvalue weighted by Crippen LogP contribution is 2.24. The van der Waals surface area contributed by atoms with E-state index in [-0.39, 0.29) is 18.1 Å². The van der Waals surface area contributed by atoms with Gasteiger partial charge in [0.15, 0.2) is 0 Å². The number of amides is 1. The highest BCUT2D eigenvalue weighted by molar-refractivity contribution is 6.10. The van der Waals surface area contributed by atoms with Crippen molar-refractivity contribution < 1.29 is 14.3 Å². The van der Waals surface area contributed by atoms with Crippen LogP contribution in [0.4, 0.5) is 5.69 Å². The minimum absolute atomic E-state index is 0.0226. The highest BCUT2D eigenvalue weighted by Gasteiger charge is 2.14. The minimum Gasteiger partial charge on any atom is -0.465 e. The molecule has 0 aliphatic heterocycles. The molecule has 0 fully saturated rings. The van der Waals surface area contributed by atoms with Crippen molar-refractivity contribution in [2.24, 2.45) is 0 Å². The van der Waals surface area contributed by atoms with E-state index in [4.69, 9.17) is 4.74 Å². The molecule has 0 unspecified atom stereocenters. The molecule has 0 bridgehead atoms. The van der Waals surface area contributed by atoms with Crippen molar-refractivity contribution in [1.29, 1.82) is 5.26 Å². The van der Waals surface area contributed by atoms with Crippen LogP contribution >= 0.6 is 0 Å². The molecule has 6 nitrogen and oxygen atoms in total. The standard InChI is InChI=1S/C23H21N3O3/c1-3-29-22(27)15-26-14-18(20-9-4-5-10-21(20)26)12-17(13-24)23(28)25-19-8-6-7-16(2)11-19/h4-12,14H,3,15H2,1-2H3,(H,25,28)/b17-12-. The van der Waals surface area contributed by atoms with Crippen molar-refractivity contribution in [1.82, 2.24) is 4.57 Å². The summed E-state index contributed by atoms with van der Waals surface area (Å²) in [5.74, 6) is -0.832. The normalized spacial score (nSPS) is 11.1. The summed E-state index contributed by atoms with van der Waals surface area (Å²) in [7, 11) is 0. The molecule has 0 saturated carbocycles. The van der Waals surface area contributed by atoms with Crippen LogP contribution in [0.5, 0.6) is 0 Å². The lowest BCUT2D eigenvalue weighted by molar-refractivity contribution is -0.143. The molecular formula is C23H21N3O3. The molecule has 1 N–H and O–H groups in total. The number of hydrogen-bond acceptors (Lipinski definition) is 4.